The van der Waals surface area contributed by atoms with Gasteiger partial charge in [-0.1, -0.05) is 30.4 Å². The van der Waals surface area contributed by atoms with E-state index in [0.717, 1.165) is 5.57 Å². The molecule has 0 aromatic rings. The van der Waals surface area contributed by atoms with Crippen molar-refractivity contribution in [3.8, 4) is 0 Å². The summed E-state index contributed by atoms with van der Waals surface area (Å²) < 4.78 is 5.09. The van der Waals surface area contributed by atoms with Crippen LogP contribution < -0.4 is 0 Å². The lowest BCUT2D eigenvalue weighted by atomic mass is 10.3. The molecule has 0 aromatic carbocycles. The van der Waals surface area contributed by atoms with E-state index in [1.54, 1.807) is 6.08 Å². The first-order valence-corrected chi connectivity index (χ1v) is 3.28. The third-order valence-corrected chi connectivity index (χ3v) is 0.852. The lowest BCUT2D eigenvalue weighted by Gasteiger charge is -1.92. The zero-order chi connectivity index (χ0) is 7.82. The van der Waals surface area contributed by atoms with Gasteiger partial charge >= 0.3 is 0 Å². The topological polar surface area (TPSA) is 9.23 Å². The predicted octanol–water partition coefficient (Wildman–Crippen LogP) is 2.32. The largest absolute Gasteiger partial charge is 0.373 e. The van der Waals surface area contributed by atoms with Gasteiger partial charge in [0.1, 0.15) is 0 Å². The highest BCUT2D eigenvalue weighted by Gasteiger charge is 1.76. The van der Waals surface area contributed by atoms with E-state index in [4.69, 9.17) is 4.74 Å². The molecule has 0 bridgehead atoms. The second-order valence-corrected chi connectivity index (χ2v) is 2.07. The van der Waals surface area contributed by atoms with Gasteiger partial charge in [0, 0.05) is 0 Å². The fourth-order valence-electron chi connectivity index (χ4n) is 0.469. The Morgan fingerprint density at radius 3 is 2.70 bits per heavy atom. The van der Waals surface area contributed by atoms with E-state index in [1.165, 1.54) is 0 Å². The summed E-state index contributed by atoms with van der Waals surface area (Å²) >= 11 is 0. The highest BCUT2D eigenvalue weighted by molar-refractivity contribution is 5.10. The highest BCUT2D eigenvalue weighted by Crippen LogP contribution is 1.88. The van der Waals surface area contributed by atoms with Crippen molar-refractivity contribution >= 4 is 0 Å². The van der Waals surface area contributed by atoms with Crippen molar-refractivity contribution in [1.29, 1.82) is 0 Å². The maximum absolute atomic E-state index is 5.09. The molecule has 0 saturated carbocycles. The van der Waals surface area contributed by atoms with Gasteiger partial charge in [-0.05, 0) is 6.92 Å². The highest BCUT2D eigenvalue weighted by atomic mass is 16.5. The molecule has 0 aliphatic rings. The van der Waals surface area contributed by atoms with Crippen LogP contribution in [0.5, 0.6) is 0 Å². The van der Waals surface area contributed by atoms with Crippen molar-refractivity contribution in [2.45, 2.75) is 6.92 Å². The molecule has 10 heavy (non-hydrogen) atoms. The molecule has 0 aliphatic carbocycles. The summed E-state index contributed by atoms with van der Waals surface area (Å²) in [5, 5.41) is 0. The molecule has 0 N–H and O–H groups in total. The smallest absolute Gasteiger partial charge is 0.0654 e. The fraction of sp³-hybridized carbons (Fsp3) is 0.333. The molecule has 0 unspecified atom stereocenters. The Kier molecular flexibility index (Phi) is 5.79. The van der Waals surface area contributed by atoms with Crippen LogP contribution in [0.1, 0.15) is 6.92 Å². The summed E-state index contributed by atoms with van der Waals surface area (Å²) in [4.78, 5) is 0. The Morgan fingerprint density at radius 2 is 2.20 bits per heavy atom. The van der Waals surface area contributed by atoms with Gasteiger partial charge in [-0.2, -0.15) is 0 Å². The molecule has 0 fully saturated rings. The second kappa shape index (κ2) is 6.30. The Balaban J connectivity index is 3.18. The first-order chi connectivity index (χ1) is 4.77. The van der Waals surface area contributed by atoms with Gasteiger partial charge in [0.05, 0.1) is 13.2 Å². The van der Waals surface area contributed by atoms with Crippen LogP contribution in [0.25, 0.3) is 0 Å². The van der Waals surface area contributed by atoms with E-state index in [1.807, 2.05) is 19.1 Å². The molecular weight excluding hydrogens is 124 g/mol. The van der Waals surface area contributed by atoms with Gasteiger partial charge < -0.3 is 4.74 Å². The molecule has 1 heteroatoms. The Labute approximate surface area is 62.7 Å². The fourth-order valence-corrected chi connectivity index (χ4v) is 0.469. The molecule has 0 spiro atoms. The Morgan fingerprint density at radius 1 is 1.50 bits per heavy atom. The Hall–Kier alpha value is -0.820. The van der Waals surface area contributed by atoms with Crippen LogP contribution in [0.15, 0.2) is 37.0 Å². The van der Waals surface area contributed by atoms with Gasteiger partial charge in [0.2, 0.25) is 0 Å². The minimum Gasteiger partial charge on any atom is -0.373 e. The van der Waals surface area contributed by atoms with Crippen molar-refractivity contribution < 1.29 is 4.74 Å². The molecular formula is C9H14O. The van der Waals surface area contributed by atoms with E-state index in [9.17, 15) is 0 Å². The molecule has 0 rings (SSSR count). The molecule has 0 saturated heterocycles. The van der Waals surface area contributed by atoms with Crippen LogP contribution >= 0.6 is 0 Å². The summed E-state index contributed by atoms with van der Waals surface area (Å²) in [7, 11) is 0. The number of hydrogen-bond acceptors (Lipinski definition) is 1. The molecule has 0 atom stereocenters. The average Bonchev–Trinajstić information content (AvgIpc) is 1.87. The molecule has 0 aliphatic heterocycles. The number of hydrogen-bond donors (Lipinski definition) is 0. The predicted molar refractivity (Wildman–Crippen MR) is 45.0 cm³/mol. The van der Waals surface area contributed by atoms with E-state index >= 15 is 0 Å². The van der Waals surface area contributed by atoms with Gasteiger partial charge in [-0.15, -0.1) is 6.58 Å². The van der Waals surface area contributed by atoms with E-state index in [2.05, 4.69) is 13.2 Å². The first-order valence-electron chi connectivity index (χ1n) is 3.28. The van der Waals surface area contributed by atoms with Crippen LogP contribution in [-0.4, -0.2) is 13.2 Å². The zero-order valence-corrected chi connectivity index (χ0v) is 6.47. The third kappa shape index (κ3) is 7.18. The second-order valence-electron chi connectivity index (χ2n) is 2.07. The maximum atomic E-state index is 5.09. The molecule has 0 aromatic heterocycles. The standard InChI is InChI=1S/C9H14O/c1-4-7-10-8-5-6-9(2)3/h4-6H,1-2,7-8H2,3H3/b6-5+. The van der Waals surface area contributed by atoms with Crippen LogP contribution in [0.4, 0.5) is 0 Å². The lowest BCUT2D eigenvalue weighted by molar-refractivity contribution is 0.194. The van der Waals surface area contributed by atoms with Crippen molar-refractivity contribution in [2.75, 3.05) is 13.2 Å². The summed E-state index contributed by atoms with van der Waals surface area (Å²) in [6.07, 6.45) is 5.60. The third-order valence-electron chi connectivity index (χ3n) is 0.852. The first kappa shape index (κ1) is 9.18. The van der Waals surface area contributed by atoms with E-state index in [-0.39, 0.29) is 0 Å². The maximum Gasteiger partial charge on any atom is 0.0654 e. The van der Waals surface area contributed by atoms with Gasteiger partial charge in [-0.3, -0.25) is 0 Å². The summed E-state index contributed by atoms with van der Waals surface area (Å²) in [6, 6.07) is 0. The van der Waals surface area contributed by atoms with Gasteiger partial charge in [-0.25, -0.2) is 0 Å². The van der Waals surface area contributed by atoms with E-state index < -0.39 is 0 Å². The lowest BCUT2D eigenvalue weighted by Crippen LogP contribution is -1.89. The van der Waals surface area contributed by atoms with Crippen LogP contribution in [0.3, 0.4) is 0 Å². The van der Waals surface area contributed by atoms with E-state index in [0.29, 0.717) is 13.2 Å². The quantitative estimate of drug-likeness (QED) is 0.322. The molecule has 0 amide bonds. The number of ether oxygens (including phenoxy) is 1. The van der Waals surface area contributed by atoms with Crippen LogP contribution in [-0.2, 0) is 4.74 Å². The van der Waals surface area contributed by atoms with Crippen molar-refractivity contribution in [2.24, 2.45) is 0 Å². The van der Waals surface area contributed by atoms with Gasteiger partial charge in [0.15, 0.2) is 0 Å². The summed E-state index contributed by atoms with van der Waals surface area (Å²) in [6.45, 7) is 10.4. The van der Waals surface area contributed by atoms with Crippen molar-refractivity contribution in [1.82, 2.24) is 0 Å². The van der Waals surface area contributed by atoms with Crippen LogP contribution in [0, 0.1) is 0 Å². The monoisotopic (exact) mass is 138 g/mol. The SMILES string of the molecule is C=CCOC/C=C/C(=C)C. The minimum atomic E-state index is 0.612. The number of allylic oxidation sites excluding steroid dienone is 2. The zero-order valence-electron chi connectivity index (χ0n) is 6.47. The summed E-state index contributed by atoms with van der Waals surface area (Å²) in [5.74, 6) is 0. The Bertz CT molecular complexity index is 134. The molecule has 1 nitrogen and oxygen atoms in total. The summed E-state index contributed by atoms with van der Waals surface area (Å²) in [5.41, 5.74) is 1.04. The molecule has 56 valence electrons. The van der Waals surface area contributed by atoms with Gasteiger partial charge in [0.25, 0.3) is 0 Å². The normalized spacial score (nSPS) is 10.1. The van der Waals surface area contributed by atoms with Crippen molar-refractivity contribution in [3.05, 3.63) is 37.0 Å². The molecule has 0 heterocycles. The van der Waals surface area contributed by atoms with Crippen LogP contribution in [0.2, 0.25) is 0 Å². The molecule has 0 radical (unpaired) electrons. The minimum absolute atomic E-state index is 0.612. The van der Waals surface area contributed by atoms with Crippen molar-refractivity contribution in [3.63, 3.8) is 0 Å². The average molecular weight is 138 g/mol. The number of rotatable bonds is 5.